The fraction of sp³-hybridized carbons (Fsp3) is 0.750. The van der Waals surface area contributed by atoms with Crippen molar-refractivity contribution in [2.45, 2.75) is 39.0 Å². The monoisotopic (exact) mass is 222 g/mol. The van der Waals surface area contributed by atoms with Crippen molar-refractivity contribution in [3.63, 3.8) is 0 Å². The minimum absolute atomic E-state index is 0.0825. The first kappa shape index (κ1) is 12.0. The summed E-state index contributed by atoms with van der Waals surface area (Å²) in [6.07, 6.45) is -4.29. The van der Waals surface area contributed by atoms with Crippen LogP contribution in [0, 0.1) is 0 Å². The number of aromatic nitrogens is 3. The maximum Gasteiger partial charge on any atom is 0.408 e. The molecule has 0 aliphatic carbocycles. The number of alkyl halides is 3. The van der Waals surface area contributed by atoms with Gasteiger partial charge in [0.15, 0.2) is 0 Å². The van der Waals surface area contributed by atoms with E-state index in [0.717, 1.165) is 4.68 Å². The number of nitrogens with zero attached hydrogens (tertiary/aromatic N) is 3. The van der Waals surface area contributed by atoms with E-state index in [1.165, 1.54) is 0 Å². The Morgan fingerprint density at radius 1 is 1.40 bits per heavy atom. The second-order valence-electron chi connectivity index (χ2n) is 3.55. The molecule has 15 heavy (non-hydrogen) atoms. The minimum Gasteiger partial charge on any atom is -0.325 e. The largest absolute Gasteiger partial charge is 0.408 e. The second-order valence-corrected chi connectivity index (χ2v) is 3.55. The summed E-state index contributed by atoms with van der Waals surface area (Å²) in [6, 6.07) is 0. The zero-order valence-corrected chi connectivity index (χ0v) is 8.54. The molecule has 7 heteroatoms. The van der Waals surface area contributed by atoms with Crippen molar-refractivity contribution in [1.29, 1.82) is 0 Å². The molecule has 0 fully saturated rings. The molecule has 1 aromatic rings. The Balaban J connectivity index is 3.03. The van der Waals surface area contributed by atoms with Crippen LogP contribution >= 0.6 is 0 Å². The van der Waals surface area contributed by atoms with E-state index in [1.807, 2.05) is 0 Å². The van der Waals surface area contributed by atoms with Crippen LogP contribution in [-0.2, 0) is 13.1 Å². The lowest BCUT2D eigenvalue weighted by atomic mass is 10.1. The Labute approximate surface area is 85.3 Å². The summed E-state index contributed by atoms with van der Waals surface area (Å²) >= 11 is 0. The summed E-state index contributed by atoms with van der Waals surface area (Å²) < 4.78 is 37.4. The van der Waals surface area contributed by atoms with Crippen LogP contribution in [0.4, 0.5) is 13.2 Å². The quantitative estimate of drug-likeness (QED) is 0.841. The van der Waals surface area contributed by atoms with Crippen LogP contribution in [0.3, 0.4) is 0 Å². The van der Waals surface area contributed by atoms with Gasteiger partial charge >= 0.3 is 6.18 Å². The first-order valence-electron chi connectivity index (χ1n) is 4.54. The predicted octanol–water partition coefficient (Wildman–Crippen LogP) is 1.42. The average Bonchev–Trinajstić information content (AvgIpc) is 2.44. The van der Waals surface area contributed by atoms with Gasteiger partial charge in [-0.15, -0.1) is 5.10 Å². The summed E-state index contributed by atoms with van der Waals surface area (Å²) in [6.45, 7) is 2.55. The van der Waals surface area contributed by atoms with Crippen molar-refractivity contribution >= 4 is 0 Å². The number of hydrogen-bond acceptors (Lipinski definition) is 3. The van der Waals surface area contributed by atoms with Crippen molar-refractivity contribution < 1.29 is 13.2 Å². The van der Waals surface area contributed by atoms with Crippen LogP contribution in [0.2, 0.25) is 0 Å². The van der Waals surface area contributed by atoms with Crippen LogP contribution in [0.25, 0.3) is 0 Å². The molecule has 0 aliphatic rings. The van der Waals surface area contributed by atoms with E-state index >= 15 is 0 Å². The van der Waals surface area contributed by atoms with E-state index in [9.17, 15) is 13.2 Å². The molecule has 0 aliphatic heterocycles. The highest BCUT2D eigenvalue weighted by molar-refractivity contribution is 5.14. The SMILES string of the molecule is CC(C)c1c(CN)nnn1CC(F)(F)F. The van der Waals surface area contributed by atoms with E-state index in [0.29, 0.717) is 11.4 Å². The van der Waals surface area contributed by atoms with E-state index < -0.39 is 12.7 Å². The topological polar surface area (TPSA) is 56.7 Å². The number of rotatable bonds is 3. The van der Waals surface area contributed by atoms with E-state index in [2.05, 4.69) is 10.3 Å². The van der Waals surface area contributed by atoms with Crippen molar-refractivity contribution in [3.8, 4) is 0 Å². The smallest absolute Gasteiger partial charge is 0.325 e. The summed E-state index contributed by atoms with van der Waals surface area (Å²) in [4.78, 5) is 0. The van der Waals surface area contributed by atoms with Crippen LogP contribution in [0.1, 0.15) is 31.2 Å². The first-order valence-corrected chi connectivity index (χ1v) is 4.54. The molecule has 2 N–H and O–H groups in total. The third kappa shape index (κ3) is 2.92. The maximum atomic E-state index is 12.2. The molecule has 0 atom stereocenters. The Bertz CT molecular complexity index is 329. The van der Waals surface area contributed by atoms with Gasteiger partial charge < -0.3 is 5.73 Å². The summed E-state index contributed by atoms with van der Waals surface area (Å²) in [5, 5.41) is 7.09. The molecule has 4 nitrogen and oxygen atoms in total. The van der Waals surface area contributed by atoms with E-state index in [-0.39, 0.29) is 12.5 Å². The fourth-order valence-corrected chi connectivity index (χ4v) is 1.42. The molecule has 1 rings (SSSR count). The Hall–Kier alpha value is -1.11. The molecule has 1 aromatic heterocycles. The third-order valence-corrected chi connectivity index (χ3v) is 1.92. The van der Waals surface area contributed by atoms with Gasteiger partial charge in [0.05, 0.1) is 11.4 Å². The fourth-order valence-electron chi connectivity index (χ4n) is 1.42. The van der Waals surface area contributed by atoms with Gasteiger partial charge in [-0.1, -0.05) is 19.1 Å². The third-order valence-electron chi connectivity index (χ3n) is 1.92. The van der Waals surface area contributed by atoms with Crippen molar-refractivity contribution in [2.75, 3.05) is 0 Å². The molecular weight excluding hydrogens is 209 g/mol. The molecule has 86 valence electrons. The van der Waals surface area contributed by atoms with Crippen LogP contribution in [0.5, 0.6) is 0 Å². The van der Waals surface area contributed by atoms with Gasteiger partial charge in [0, 0.05) is 6.54 Å². The van der Waals surface area contributed by atoms with Crippen molar-refractivity contribution in [3.05, 3.63) is 11.4 Å². The lowest BCUT2D eigenvalue weighted by Crippen LogP contribution is -2.21. The zero-order valence-electron chi connectivity index (χ0n) is 8.54. The van der Waals surface area contributed by atoms with Gasteiger partial charge in [0.2, 0.25) is 0 Å². The molecule has 0 aromatic carbocycles. The lowest BCUT2D eigenvalue weighted by Gasteiger charge is -2.12. The number of hydrogen-bond donors (Lipinski definition) is 1. The highest BCUT2D eigenvalue weighted by Crippen LogP contribution is 2.22. The average molecular weight is 222 g/mol. The van der Waals surface area contributed by atoms with Crippen LogP contribution in [-0.4, -0.2) is 21.2 Å². The predicted molar refractivity (Wildman–Crippen MR) is 48.1 cm³/mol. The first-order chi connectivity index (χ1) is 6.85. The lowest BCUT2D eigenvalue weighted by molar-refractivity contribution is -0.143. The molecular formula is C8H13F3N4. The Morgan fingerprint density at radius 3 is 2.40 bits per heavy atom. The molecule has 0 saturated carbocycles. The molecule has 0 bridgehead atoms. The maximum absolute atomic E-state index is 12.2. The normalized spacial score (nSPS) is 12.5. The van der Waals surface area contributed by atoms with E-state index in [4.69, 9.17) is 5.73 Å². The highest BCUT2D eigenvalue weighted by atomic mass is 19.4. The van der Waals surface area contributed by atoms with Gasteiger partial charge in [0.1, 0.15) is 6.54 Å². The zero-order chi connectivity index (χ0) is 11.6. The van der Waals surface area contributed by atoms with Crippen molar-refractivity contribution in [1.82, 2.24) is 15.0 Å². The molecule has 0 radical (unpaired) electrons. The summed E-state index contributed by atoms with van der Waals surface area (Å²) in [5.41, 5.74) is 6.25. The van der Waals surface area contributed by atoms with Gasteiger partial charge in [-0.2, -0.15) is 13.2 Å². The van der Waals surface area contributed by atoms with Gasteiger partial charge in [-0.25, -0.2) is 4.68 Å². The van der Waals surface area contributed by atoms with E-state index in [1.54, 1.807) is 13.8 Å². The molecule has 0 saturated heterocycles. The molecule has 0 unspecified atom stereocenters. The van der Waals surface area contributed by atoms with Crippen molar-refractivity contribution in [2.24, 2.45) is 5.73 Å². The summed E-state index contributed by atoms with van der Waals surface area (Å²) in [5.74, 6) is -0.0825. The van der Waals surface area contributed by atoms with Gasteiger partial charge in [-0.3, -0.25) is 0 Å². The molecule has 0 spiro atoms. The summed E-state index contributed by atoms with van der Waals surface area (Å²) in [7, 11) is 0. The Morgan fingerprint density at radius 2 is 2.00 bits per heavy atom. The molecule has 0 amide bonds. The highest BCUT2D eigenvalue weighted by Gasteiger charge is 2.31. The van der Waals surface area contributed by atoms with Crippen LogP contribution < -0.4 is 5.73 Å². The standard InChI is InChI=1S/C8H13F3N4/c1-5(2)7-6(3-12)13-14-15(7)4-8(9,10)11/h5H,3-4,12H2,1-2H3. The number of halogens is 3. The minimum atomic E-state index is -4.29. The second kappa shape index (κ2) is 4.18. The van der Waals surface area contributed by atoms with Crippen LogP contribution in [0.15, 0.2) is 0 Å². The number of nitrogens with two attached hydrogens (primary N) is 1. The Kier molecular flexibility index (Phi) is 3.33. The van der Waals surface area contributed by atoms with Gasteiger partial charge in [0.25, 0.3) is 0 Å². The van der Waals surface area contributed by atoms with Gasteiger partial charge in [-0.05, 0) is 5.92 Å². The molecule has 1 heterocycles.